The third-order valence-electron chi connectivity index (χ3n) is 6.14. The first-order valence-corrected chi connectivity index (χ1v) is 12.4. The van der Waals surface area contributed by atoms with E-state index in [4.69, 9.17) is 11.5 Å². The van der Waals surface area contributed by atoms with Crippen LogP contribution in [0.15, 0.2) is 5.18 Å². The number of carbonyl (C=O) groups excluding carboxylic acids is 6. The van der Waals surface area contributed by atoms with Crippen molar-refractivity contribution in [1.82, 2.24) is 26.2 Å². The lowest BCUT2D eigenvalue weighted by atomic mass is 10.1. The number of nitrogens with two attached hydrogens (primary N) is 2. The number of rotatable bonds is 7. The summed E-state index contributed by atoms with van der Waals surface area (Å²) in [6, 6.07) is -7.00. The summed E-state index contributed by atoms with van der Waals surface area (Å²) in [7, 11) is 1.21. The molecule has 1 aliphatic rings. The lowest BCUT2D eigenvalue weighted by Gasteiger charge is -2.30. The Balaban J connectivity index is 3.28. The molecule has 0 aliphatic carbocycles. The number of hydrogen-bond donors (Lipinski definition) is 8. The quantitative estimate of drug-likeness (QED) is 0.138. The molecule has 1 rings (SSSR count). The van der Waals surface area contributed by atoms with Gasteiger partial charge in [-0.1, -0.05) is 5.18 Å². The van der Waals surface area contributed by atoms with E-state index >= 15 is 0 Å². The van der Waals surface area contributed by atoms with Crippen molar-refractivity contribution >= 4 is 35.4 Å². The average Bonchev–Trinajstić information content (AvgIpc) is 2.87. The largest absolute Gasteiger partial charge is 0.394 e. The normalized spacial score (nSPS) is 25.9. The van der Waals surface area contributed by atoms with Crippen LogP contribution in [0.5, 0.6) is 0 Å². The second-order valence-electron chi connectivity index (χ2n) is 9.20. The van der Waals surface area contributed by atoms with Crippen molar-refractivity contribution in [2.75, 3.05) is 26.7 Å². The summed E-state index contributed by atoms with van der Waals surface area (Å²) in [6.07, 6.45) is -0.887. The number of amides is 6. The van der Waals surface area contributed by atoms with Crippen molar-refractivity contribution in [1.29, 1.82) is 0 Å². The maximum atomic E-state index is 13.1. The number of nitrogens with one attached hydrogen (secondary N) is 4. The number of likely N-dealkylation sites (N-methyl/N-ethyl adjacent to an activating group) is 1. The summed E-state index contributed by atoms with van der Waals surface area (Å²) < 4.78 is 0. The maximum Gasteiger partial charge on any atom is 0.245 e. The van der Waals surface area contributed by atoms with Gasteiger partial charge in [-0.15, -0.1) is 0 Å². The fourth-order valence-electron chi connectivity index (χ4n) is 3.74. The van der Waals surface area contributed by atoms with Gasteiger partial charge in [-0.2, -0.15) is 4.91 Å². The zero-order valence-electron chi connectivity index (χ0n) is 21.9. The fourth-order valence-corrected chi connectivity index (χ4v) is 3.74. The molecule has 0 aromatic carbocycles. The van der Waals surface area contributed by atoms with E-state index in [2.05, 4.69) is 26.4 Å². The minimum Gasteiger partial charge on any atom is -0.394 e. The lowest BCUT2D eigenvalue weighted by Crippen LogP contribution is -2.61. The number of primary amides is 1. The van der Waals surface area contributed by atoms with Crippen LogP contribution < -0.4 is 32.7 Å². The Kier molecular flexibility index (Phi) is 13.9. The highest BCUT2D eigenvalue weighted by molar-refractivity contribution is 5.96. The van der Waals surface area contributed by atoms with Crippen LogP contribution in [-0.2, 0) is 28.8 Å². The molecule has 1 saturated heterocycles. The highest BCUT2D eigenvalue weighted by atomic mass is 16.3. The molecule has 6 atom stereocenters. The first kappa shape index (κ1) is 33.3. The number of nitrogens with zero attached hydrogens (tertiary/aromatic N) is 2. The predicted octanol–water partition coefficient (Wildman–Crippen LogP) is -4.70. The highest BCUT2D eigenvalue weighted by Crippen LogP contribution is 2.09. The molecular formula is C22H38N8O9. The number of hydrogen-bond acceptors (Lipinski definition) is 11. The molecule has 10 N–H and O–H groups in total. The summed E-state index contributed by atoms with van der Waals surface area (Å²) in [5, 5.41) is 31.7. The first-order chi connectivity index (χ1) is 18.3. The van der Waals surface area contributed by atoms with Crippen molar-refractivity contribution < 1.29 is 39.0 Å². The molecule has 17 heteroatoms. The van der Waals surface area contributed by atoms with Crippen molar-refractivity contribution in [3.05, 3.63) is 4.91 Å². The van der Waals surface area contributed by atoms with E-state index in [-0.39, 0.29) is 31.7 Å². The van der Waals surface area contributed by atoms with Crippen molar-refractivity contribution in [3.63, 3.8) is 0 Å². The van der Waals surface area contributed by atoms with Crippen LogP contribution in [0.2, 0.25) is 0 Å². The number of aliphatic hydroxyl groups excluding tert-OH is 2. The van der Waals surface area contributed by atoms with Gasteiger partial charge in [0.1, 0.15) is 30.7 Å². The van der Waals surface area contributed by atoms with E-state index in [1.165, 1.54) is 14.0 Å². The number of carbonyl (C=O) groups is 6. The molecule has 1 aliphatic heterocycles. The molecule has 1 fully saturated rings. The molecule has 0 radical (unpaired) electrons. The molecule has 1 unspecified atom stereocenters. The second kappa shape index (κ2) is 16.3. The summed E-state index contributed by atoms with van der Waals surface area (Å²) in [4.78, 5) is 87.1. The summed E-state index contributed by atoms with van der Waals surface area (Å²) >= 11 is 0. The lowest BCUT2D eigenvalue weighted by molar-refractivity contribution is -0.142. The van der Waals surface area contributed by atoms with Gasteiger partial charge in [-0.25, -0.2) is 0 Å². The average molecular weight is 559 g/mol. The van der Waals surface area contributed by atoms with Gasteiger partial charge in [-0.05, 0) is 32.6 Å². The molecule has 0 saturated carbocycles. The van der Waals surface area contributed by atoms with Crippen LogP contribution in [0.25, 0.3) is 0 Å². The zero-order valence-corrected chi connectivity index (χ0v) is 21.9. The van der Waals surface area contributed by atoms with E-state index in [0.717, 1.165) is 4.90 Å². The Hall–Kier alpha value is -3.70. The third-order valence-corrected chi connectivity index (χ3v) is 6.14. The monoisotopic (exact) mass is 558 g/mol. The van der Waals surface area contributed by atoms with Gasteiger partial charge in [0.05, 0.1) is 18.8 Å². The van der Waals surface area contributed by atoms with Crippen LogP contribution in [0, 0.1) is 4.91 Å². The van der Waals surface area contributed by atoms with E-state index < -0.39 is 79.0 Å². The number of aliphatic hydroxyl groups is 2. The molecule has 6 amide bonds. The van der Waals surface area contributed by atoms with Gasteiger partial charge in [0.15, 0.2) is 0 Å². The smallest absolute Gasteiger partial charge is 0.245 e. The van der Waals surface area contributed by atoms with E-state index in [1.807, 2.05) is 0 Å². The minimum absolute atomic E-state index is 0.0219. The van der Waals surface area contributed by atoms with Crippen LogP contribution in [0.1, 0.15) is 39.0 Å². The van der Waals surface area contributed by atoms with Gasteiger partial charge >= 0.3 is 0 Å². The Morgan fingerprint density at radius 1 is 1.08 bits per heavy atom. The molecule has 0 spiro atoms. The van der Waals surface area contributed by atoms with Gasteiger partial charge in [0, 0.05) is 20.0 Å². The van der Waals surface area contributed by atoms with Crippen LogP contribution in [0.3, 0.4) is 0 Å². The first-order valence-electron chi connectivity index (χ1n) is 12.4. The molecular weight excluding hydrogens is 520 g/mol. The number of nitroso groups, excluding NO2 is 1. The minimum atomic E-state index is -1.59. The maximum absolute atomic E-state index is 13.1. The Bertz CT molecular complexity index is 916. The molecule has 1 heterocycles. The SMILES string of the molecule is CC(O)[C@@H]1NC(=O)[C@@H](N)CCC(=O)NCCCC[C@@H](C(=O)N(C)[C@@H](CO)C(N)=O)NC(=O)[C@H](CN=O)NC1=O. The summed E-state index contributed by atoms with van der Waals surface area (Å²) in [5.74, 6) is -5.02. The molecule has 220 valence electrons. The van der Waals surface area contributed by atoms with Crippen LogP contribution >= 0.6 is 0 Å². The third kappa shape index (κ3) is 10.5. The summed E-state index contributed by atoms with van der Waals surface area (Å²) in [5.41, 5.74) is 11.0. The standard InChI is InChI=1S/C22H38N8O9/c1-11(32)17-21(37)28-14(9-26-39)20(36)27-13(22(38)30(2)15(10-31)18(24)34)5-3-4-8-25-16(33)7-6-12(23)19(35)29-17/h11-15,17,31-32H,3-10,23H2,1-2H3,(H2,24,34)(H,25,33)(H,27,36)(H,28,37)(H,29,35)/t11?,12-,13-,14-,15-,17-/m0/s1. The van der Waals surface area contributed by atoms with Crippen molar-refractivity contribution in [2.45, 2.75) is 75.3 Å². The molecule has 17 nitrogen and oxygen atoms in total. The van der Waals surface area contributed by atoms with Gasteiger partial charge in [-0.3, -0.25) is 28.8 Å². The van der Waals surface area contributed by atoms with E-state index in [9.17, 15) is 43.9 Å². The van der Waals surface area contributed by atoms with E-state index in [0.29, 0.717) is 12.8 Å². The van der Waals surface area contributed by atoms with Gasteiger partial charge < -0.3 is 47.8 Å². The summed E-state index contributed by atoms with van der Waals surface area (Å²) in [6.45, 7) is -0.109. The predicted molar refractivity (Wildman–Crippen MR) is 135 cm³/mol. The van der Waals surface area contributed by atoms with Crippen molar-refractivity contribution in [2.24, 2.45) is 16.6 Å². The molecule has 0 aromatic heterocycles. The molecule has 0 bridgehead atoms. The highest BCUT2D eigenvalue weighted by Gasteiger charge is 2.35. The van der Waals surface area contributed by atoms with Gasteiger partial charge in [0.2, 0.25) is 35.4 Å². The Labute approximate surface area is 224 Å². The Morgan fingerprint density at radius 2 is 1.74 bits per heavy atom. The van der Waals surface area contributed by atoms with Crippen LogP contribution in [-0.4, -0.2) is 114 Å². The zero-order chi connectivity index (χ0) is 29.7. The van der Waals surface area contributed by atoms with Crippen LogP contribution in [0.4, 0.5) is 0 Å². The van der Waals surface area contributed by atoms with Gasteiger partial charge in [0.25, 0.3) is 0 Å². The molecule has 39 heavy (non-hydrogen) atoms. The molecule has 0 aromatic rings. The van der Waals surface area contributed by atoms with E-state index in [1.54, 1.807) is 0 Å². The van der Waals surface area contributed by atoms with Crippen molar-refractivity contribution in [3.8, 4) is 0 Å². The Morgan fingerprint density at radius 3 is 2.31 bits per heavy atom. The second-order valence-corrected chi connectivity index (χ2v) is 9.20. The fraction of sp³-hybridized carbons (Fsp3) is 0.727. The topological polar surface area (TPSA) is 276 Å².